The SMILES string of the molecule is CCNC(Cc1ccc(Br)cc1F)c1cnn(C)c1C. The van der Waals surface area contributed by atoms with Gasteiger partial charge in [0.2, 0.25) is 0 Å². The minimum atomic E-state index is -0.177. The average Bonchev–Trinajstić information content (AvgIpc) is 2.73. The van der Waals surface area contributed by atoms with Gasteiger partial charge in [-0.2, -0.15) is 5.10 Å². The van der Waals surface area contributed by atoms with Crippen LogP contribution in [-0.2, 0) is 13.5 Å². The fourth-order valence-electron chi connectivity index (χ4n) is 2.30. The van der Waals surface area contributed by atoms with Crippen molar-refractivity contribution < 1.29 is 4.39 Å². The Morgan fingerprint density at radius 2 is 2.20 bits per heavy atom. The van der Waals surface area contributed by atoms with Gasteiger partial charge in [-0.05, 0) is 37.6 Å². The Labute approximate surface area is 127 Å². The van der Waals surface area contributed by atoms with Crippen molar-refractivity contribution in [1.29, 1.82) is 0 Å². The van der Waals surface area contributed by atoms with E-state index in [1.807, 2.05) is 37.0 Å². The molecule has 3 nitrogen and oxygen atoms in total. The van der Waals surface area contributed by atoms with E-state index in [0.29, 0.717) is 12.0 Å². The maximum atomic E-state index is 14.0. The summed E-state index contributed by atoms with van der Waals surface area (Å²) < 4.78 is 16.6. The quantitative estimate of drug-likeness (QED) is 0.903. The molecule has 0 saturated heterocycles. The van der Waals surface area contributed by atoms with Gasteiger partial charge in [-0.3, -0.25) is 4.68 Å². The molecule has 20 heavy (non-hydrogen) atoms. The normalized spacial score (nSPS) is 12.7. The number of aromatic nitrogens is 2. The zero-order chi connectivity index (χ0) is 14.7. The van der Waals surface area contributed by atoms with Gasteiger partial charge in [0, 0.05) is 28.8 Å². The van der Waals surface area contributed by atoms with Crippen LogP contribution in [0.5, 0.6) is 0 Å². The third-order valence-electron chi connectivity index (χ3n) is 3.54. The van der Waals surface area contributed by atoms with E-state index < -0.39 is 0 Å². The number of hydrogen-bond donors (Lipinski definition) is 1. The maximum Gasteiger partial charge on any atom is 0.127 e. The van der Waals surface area contributed by atoms with Crippen LogP contribution in [0.4, 0.5) is 4.39 Å². The lowest BCUT2D eigenvalue weighted by Crippen LogP contribution is -2.23. The van der Waals surface area contributed by atoms with Gasteiger partial charge in [-0.25, -0.2) is 4.39 Å². The molecule has 1 N–H and O–H groups in total. The van der Waals surface area contributed by atoms with Crippen molar-refractivity contribution in [3.8, 4) is 0 Å². The van der Waals surface area contributed by atoms with Crippen LogP contribution in [0.3, 0.4) is 0 Å². The number of rotatable bonds is 5. The topological polar surface area (TPSA) is 29.9 Å². The molecule has 1 aromatic carbocycles. The zero-order valence-electron chi connectivity index (χ0n) is 12.0. The molecule has 5 heteroatoms. The van der Waals surface area contributed by atoms with Gasteiger partial charge < -0.3 is 5.32 Å². The predicted molar refractivity (Wildman–Crippen MR) is 82.2 cm³/mol. The lowest BCUT2D eigenvalue weighted by molar-refractivity contribution is 0.525. The summed E-state index contributed by atoms with van der Waals surface area (Å²) in [5.41, 5.74) is 2.94. The van der Waals surface area contributed by atoms with E-state index in [9.17, 15) is 4.39 Å². The molecule has 1 aromatic heterocycles. The second-order valence-corrected chi connectivity index (χ2v) is 5.77. The summed E-state index contributed by atoms with van der Waals surface area (Å²) in [6, 6.07) is 5.28. The molecule has 2 rings (SSSR count). The van der Waals surface area contributed by atoms with Crippen LogP contribution < -0.4 is 5.32 Å². The van der Waals surface area contributed by atoms with E-state index in [2.05, 4.69) is 33.3 Å². The summed E-state index contributed by atoms with van der Waals surface area (Å²) in [4.78, 5) is 0. The van der Waals surface area contributed by atoms with Crippen molar-refractivity contribution >= 4 is 15.9 Å². The molecule has 0 aliphatic rings. The van der Waals surface area contributed by atoms with E-state index in [4.69, 9.17) is 0 Å². The Bertz CT molecular complexity index is 595. The highest BCUT2D eigenvalue weighted by molar-refractivity contribution is 9.10. The van der Waals surface area contributed by atoms with Gasteiger partial charge in [-0.15, -0.1) is 0 Å². The van der Waals surface area contributed by atoms with Gasteiger partial charge >= 0.3 is 0 Å². The van der Waals surface area contributed by atoms with Gasteiger partial charge in [0.05, 0.1) is 6.20 Å². The Kier molecular flexibility index (Phi) is 4.94. The molecule has 0 fully saturated rings. The monoisotopic (exact) mass is 339 g/mol. The molecule has 0 aliphatic carbocycles. The van der Waals surface area contributed by atoms with Gasteiger partial charge in [0.1, 0.15) is 5.82 Å². The number of halogens is 2. The van der Waals surface area contributed by atoms with Crippen molar-refractivity contribution in [2.45, 2.75) is 26.3 Å². The molecule has 0 amide bonds. The number of hydrogen-bond acceptors (Lipinski definition) is 2. The first-order valence-electron chi connectivity index (χ1n) is 6.68. The summed E-state index contributed by atoms with van der Waals surface area (Å²) >= 11 is 3.28. The highest BCUT2D eigenvalue weighted by atomic mass is 79.9. The maximum absolute atomic E-state index is 14.0. The molecular formula is C15H19BrFN3. The van der Waals surface area contributed by atoms with Crippen LogP contribution in [0.15, 0.2) is 28.9 Å². The molecule has 1 unspecified atom stereocenters. The van der Waals surface area contributed by atoms with Crippen molar-refractivity contribution in [1.82, 2.24) is 15.1 Å². The second kappa shape index (κ2) is 6.50. The Morgan fingerprint density at radius 3 is 2.75 bits per heavy atom. The van der Waals surface area contributed by atoms with Gasteiger partial charge in [-0.1, -0.05) is 28.9 Å². The fraction of sp³-hybridized carbons (Fsp3) is 0.400. The Balaban J connectivity index is 2.28. The zero-order valence-corrected chi connectivity index (χ0v) is 13.5. The molecule has 0 spiro atoms. The summed E-state index contributed by atoms with van der Waals surface area (Å²) in [5, 5.41) is 7.68. The van der Waals surface area contributed by atoms with Gasteiger partial charge in [0.15, 0.2) is 0 Å². The number of benzene rings is 1. The second-order valence-electron chi connectivity index (χ2n) is 4.86. The molecular weight excluding hydrogens is 321 g/mol. The van der Waals surface area contributed by atoms with Crippen LogP contribution in [0.1, 0.15) is 29.8 Å². The first-order chi connectivity index (χ1) is 9.52. The van der Waals surface area contributed by atoms with E-state index in [1.165, 1.54) is 6.07 Å². The molecule has 2 aromatic rings. The minimum absolute atomic E-state index is 0.0735. The molecule has 1 heterocycles. The molecule has 0 radical (unpaired) electrons. The van der Waals surface area contributed by atoms with Crippen molar-refractivity contribution in [3.05, 3.63) is 51.5 Å². The van der Waals surface area contributed by atoms with E-state index in [-0.39, 0.29) is 11.9 Å². The number of nitrogens with zero attached hydrogens (tertiary/aromatic N) is 2. The molecule has 108 valence electrons. The van der Waals surface area contributed by atoms with Crippen molar-refractivity contribution in [2.24, 2.45) is 7.05 Å². The lowest BCUT2D eigenvalue weighted by atomic mass is 9.99. The van der Waals surface area contributed by atoms with E-state index >= 15 is 0 Å². The number of aryl methyl sites for hydroxylation is 1. The van der Waals surface area contributed by atoms with Crippen molar-refractivity contribution in [3.63, 3.8) is 0 Å². The largest absolute Gasteiger partial charge is 0.310 e. The van der Waals surface area contributed by atoms with Crippen LogP contribution in [0.2, 0.25) is 0 Å². The summed E-state index contributed by atoms with van der Waals surface area (Å²) in [7, 11) is 1.92. The van der Waals surface area contributed by atoms with Crippen LogP contribution in [0.25, 0.3) is 0 Å². The molecule has 1 atom stereocenters. The van der Waals surface area contributed by atoms with E-state index in [0.717, 1.165) is 22.3 Å². The predicted octanol–water partition coefficient (Wildman–Crippen LogP) is 3.52. The molecule has 0 saturated carbocycles. The Morgan fingerprint density at radius 1 is 1.45 bits per heavy atom. The lowest BCUT2D eigenvalue weighted by Gasteiger charge is -2.18. The molecule has 0 bridgehead atoms. The third kappa shape index (κ3) is 3.27. The van der Waals surface area contributed by atoms with Crippen LogP contribution in [0, 0.1) is 12.7 Å². The summed E-state index contributed by atoms with van der Waals surface area (Å²) in [6.07, 6.45) is 2.47. The number of likely N-dealkylation sites (N-methyl/N-ethyl adjacent to an activating group) is 1. The summed E-state index contributed by atoms with van der Waals surface area (Å²) in [5.74, 6) is -0.177. The average molecular weight is 340 g/mol. The van der Waals surface area contributed by atoms with Crippen LogP contribution >= 0.6 is 15.9 Å². The highest BCUT2D eigenvalue weighted by Gasteiger charge is 2.18. The number of nitrogens with one attached hydrogen (secondary N) is 1. The minimum Gasteiger partial charge on any atom is -0.310 e. The third-order valence-corrected chi connectivity index (χ3v) is 4.03. The molecule has 0 aliphatic heterocycles. The fourth-order valence-corrected chi connectivity index (χ4v) is 2.64. The van der Waals surface area contributed by atoms with Gasteiger partial charge in [0.25, 0.3) is 0 Å². The van der Waals surface area contributed by atoms with E-state index in [1.54, 1.807) is 0 Å². The van der Waals surface area contributed by atoms with Crippen molar-refractivity contribution in [2.75, 3.05) is 6.54 Å². The standard InChI is InChI=1S/C15H19BrFN3/c1-4-18-15(13-9-19-20(3)10(13)2)7-11-5-6-12(16)8-14(11)17/h5-6,8-9,15,18H,4,7H2,1-3H3. The Hall–Kier alpha value is -1.20. The first-order valence-corrected chi connectivity index (χ1v) is 7.48. The van der Waals surface area contributed by atoms with Crippen LogP contribution in [-0.4, -0.2) is 16.3 Å². The highest BCUT2D eigenvalue weighted by Crippen LogP contribution is 2.24. The summed E-state index contributed by atoms with van der Waals surface area (Å²) in [6.45, 7) is 4.92. The smallest absolute Gasteiger partial charge is 0.127 e. The first kappa shape index (κ1) is 15.2.